The third-order valence-electron chi connectivity index (χ3n) is 4.18. The number of hydrogen-bond donors (Lipinski definition) is 3. The Morgan fingerprint density at radius 2 is 1.80 bits per heavy atom. The predicted molar refractivity (Wildman–Crippen MR) is 99.1 cm³/mol. The van der Waals surface area contributed by atoms with Crippen molar-refractivity contribution >= 4 is 11.4 Å². The van der Waals surface area contributed by atoms with E-state index in [9.17, 15) is 0 Å². The summed E-state index contributed by atoms with van der Waals surface area (Å²) in [6.45, 7) is 6.39. The number of rotatable bonds is 5. The Hall–Kier alpha value is -2.44. The molecule has 0 bridgehead atoms. The SMILES string of the molecule is CC(C)(Oc1cccc(Oc2ccc(N)c(N)c2)c1)C1CNCCO1. The highest BCUT2D eigenvalue weighted by molar-refractivity contribution is 5.65. The molecule has 1 aliphatic rings. The molecule has 1 atom stereocenters. The molecule has 134 valence electrons. The number of nitrogens with one attached hydrogen (secondary N) is 1. The minimum atomic E-state index is -0.461. The maximum atomic E-state index is 6.17. The van der Waals surface area contributed by atoms with E-state index in [4.69, 9.17) is 25.7 Å². The lowest BCUT2D eigenvalue weighted by atomic mass is 10.0. The van der Waals surface area contributed by atoms with Crippen molar-refractivity contribution in [2.75, 3.05) is 31.2 Å². The van der Waals surface area contributed by atoms with E-state index in [0.717, 1.165) is 18.8 Å². The van der Waals surface area contributed by atoms with Crippen molar-refractivity contribution in [1.29, 1.82) is 0 Å². The molecule has 5 N–H and O–H groups in total. The molecule has 0 aromatic heterocycles. The number of nitrogens with two attached hydrogens (primary N) is 2. The highest BCUT2D eigenvalue weighted by Gasteiger charge is 2.34. The summed E-state index contributed by atoms with van der Waals surface area (Å²) in [5.74, 6) is 2.02. The van der Waals surface area contributed by atoms with Gasteiger partial charge in [-0.05, 0) is 38.1 Å². The lowest BCUT2D eigenvalue weighted by Gasteiger charge is -2.37. The first-order valence-electron chi connectivity index (χ1n) is 8.38. The average Bonchev–Trinajstić information content (AvgIpc) is 2.59. The molecular formula is C19H25N3O3. The van der Waals surface area contributed by atoms with Crippen LogP contribution >= 0.6 is 0 Å². The molecule has 1 fully saturated rings. The van der Waals surface area contributed by atoms with E-state index in [1.165, 1.54) is 0 Å². The lowest BCUT2D eigenvalue weighted by Crippen LogP contribution is -2.53. The van der Waals surface area contributed by atoms with Gasteiger partial charge in [-0.2, -0.15) is 0 Å². The minimum Gasteiger partial charge on any atom is -0.485 e. The number of nitrogen functional groups attached to an aromatic ring is 2. The molecule has 6 nitrogen and oxygen atoms in total. The third kappa shape index (κ3) is 4.35. The van der Waals surface area contributed by atoms with Crippen molar-refractivity contribution in [3.8, 4) is 17.2 Å². The standard InChI is InChI=1S/C19H25N3O3/c1-19(2,18-12-22-8-9-23-18)25-15-5-3-4-13(10-15)24-14-6-7-16(20)17(21)11-14/h3-7,10-11,18,22H,8-9,12,20-21H2,1-2H3. The summed E-state index contributed by atoms with van der Waals surface area (Å²) < 4.78 is 17.8. The zero-order chi connectivity index (χ0) is 17.9. The molecule has 2 aromatic rings. The van der Waals surface area contributed by atoms with Crippen LogP contribution in [0.1, 0.15) is 13.8 Å². The van der Waals surface area contributed by atoms with Gasteiger partial charge in [0.25, 0.3) is 0 Å². The smallest absolute Gasteiger partial charge is 0.131 e. The molecule has 1 unspecified atom stereocenters. The van der Waals surface area contributed by atoms with Crippen molar-refractivity contribution in [3.05, 3.63) is 42.5 Å². The van der Waals surface area contributed by atoms with Gasteiger partial charge in [-0.3, -0.25) is 0 Å². The van der Waals surface area contributed by atoms with Crippen LogP contribution < -0.4 is 26.3 Å². The van der Waals surface area contributed by atoms with Gasteiger partial charge in [0.05, 0.1) is 18.0 Å². The van der Waals surface area contributed by atoms with Crippen molar-refractivity contribution in [2.24, 2.45) is 0 Å². The van der Waals surface area contributed by atoms with E-state index >= 15 is 0 Å². The molecule has 1 aliphatic heterocycles. The number of benzene rings is 2. The Bertz CT molecular complexity index is 728. The lowest BCUT2D eigenvalue weighted by molar-refractivity contribution is -0.0854. The molecule has 0 aliphatic carbocycles. The van der Waals surface area contributed by atoms with Gasteiger partial charge in [0, 0.05) is 25.2 Å². The van der Waals surface area contributed by atoms with Crippen LogP contribution in [-0.4, -0.2) is 31.4 Å². The summed E-state index contributed by atoms with van der Waals surface area (Å²) in [6.07, 6.45) is -0.0114. The summed E-state index contributed by atoms with van der Waals surface area (Å²) in [5, 5.41) is 3.33. The van der Waals surface area contributed by atoms with Crippen LogP contribution in [0.4, 0.5) is 11.4 Å². The molecule has 25 heavy (non-hydrogen) atoms. The first-order chi connectivity index (χ1) is 11.9. The topological polar surface area (TPSA) is 91.8 Å². The Labute approximate surface area is 148 Å². The molecule has 6 heteroatoms. The van der Waals surface area contributed by atoms with Gasteiger partial charge in [-0.15, -0.1) is 0 Å². The van der Waals surface area contributed by atoms with E-state index in [-0.39, 0.29) is 6.10 Å². The summed E-state index contributed by atoms with van der Waals surface area (Å²) in [7, 11) is 0. The zero-order valence-corrected chi connectivity index (χ0v) is 14.6. The van der Waals surface area contributed by atoms with Crippen molar-refractivity contribution in [1.82, 2.24) is 5.32 Å². The molecule has 0 saturated carbocycles. The van der Waals surface area contributed by atoms with Gasteiger partial charge in [0.2, 0.25) is 0 Å². The van der Waals surface area contributed by atoms with Gasteiger partial charge in [-0.25, -0.2) is 0 Å². The van der Waals surface area contributed by atoms with Gasteiger partial charge in [0.1, 0.15) is 29.0 Å². The number of morpholine rings is 1. The van der Waals surface area contributed by atoms with Gasteiger partial charge >= 0.3 is 0 Å². The monoisotopic (exact) mass is 343 g/mol. The largest absolute Gasteiger partial charge is 0.485 e. The summed E-state index contributed by atoms with van der Waals surface area (Å²) >= 11 is 0. The Balaban J connectivity index is 1.71. The van der Waals surface area contributed by atoms with E-state index < -0.39 is 5.60 Å². The number of ether oxygens (including phenoxy) is 3. The first-order valence-corrected chi connectivity index (χ1v) is 8.38. The maximum Gasteiger partial charge on any atom is 0.131 e. The molecule has 0 radical (unpaired) electrons. The Kier molecular flexibility index (Phi) is 5.01. The van der Waals surface area contributed by atoms with Crippen molar-refractivity contribution < 1.29 is 14.2 Å². The van der Waals surface area contributed by atoms with Crippen LogP contribution in [0.2, 0.25) is 0 Å². The molecule has 0 spiro atoms. The van der Waals surface area contributed by atoms with Crippen LogP contribution in [0.3, 0.4) is 0 Å². The second kappa shape index (κ2) is 7.21. The summed E-state index contributed by atoms with van der Waals surface area (Å²) in [6, 6.07) is 12.7. The Morgan fingerprint density at radius 1 is 1.04 bits per heavy atom. The second-order valence-corrected chi connectivity index (χ2v) is 6.64. The predicted octanol–water partition coefficient (Wildman–Crippen LogP) is 2.79. The molecule has 0 amide bonds. The fraction of sp³-hybridized carbons (Fsp3) is 0.368. The molecule has 1 heterocycles. The van der Waals surface area contributed by atoms with E-state index in [1.807, 2.05) is 38.1 Å². The quantitative estimate of drug-likeness (QED) is 0.723. The number of anilines is 2. The fourth-order valence-electron chi connectivity index (χ4n) is 2.73. The third-order valence-corrected chi connectivity index (χ3v) is 4.18. The van der Waals surface area contributed by atoms with E-state index in [1.54, 1.807) is 18.2 Å². The summed E-state index contributed by atoms with van der Waals surface area (Å²) in [5.41, 5.74) is 12.1. The second-order valence-electron chi connectivity index (χ2n) is 6.64. The maximum absolute atomic E-state index is 6.17. The Morgan fingerprint density at radius 3 is 2.52 bits per heavy atom. The first kappa shape index (κ1) is 17.4. The fourth-order valence-corrected chi connectivity index (χ4v) is 2.73. The zero-order valence-electron chi connectivity index (χ0n) is 14.6. The molecule has 3 rings (SSSR count). The molecule has 2 aromatic carbocycles. The highest BCUT2D eigenvalue weighted by Crippen LogP contribution is 2.30. The average molecular weight is 343 g/mol. The number of hydrogen-bond acceptors (Lipinski definition) is 6. The van der Waals surface area contributed by atoms with Crippen LogP contribution in [0, 0.1) is 0 Å². The normalized spacial score (nSPS) is 17.9. The molecule has 1 saturated heterocycles. The van der Waals surface area contributed by atoms with Crippen LogP contribution in [0.15, 0.2) is 42.5 Å². The van der Waals surface area contributed by atoms with Gasteiger partial charge < -0.3 is 31.0 Å². The van der Waals surface area contributed by atoms with E-state index in [2.05, 4.69) is 5.32 Å². The highest BCUT2D eigenvalue weighted by atomic mass is 16.6. The van der Waals surface area contributed by atoms with Gasteiger partial charge in [-0.1, -0.05) is 6.07 Å². The minimum absolute atomic E-state index is 0.0114. The molecular weight excluding hydrogens is 318 g/mol. The van der Waals surface area contributed by atoms with Crippen LogP contribution in [-0.2, 0) is 4.74 Å². The summed E-state index contributed by atoms with van der Waals surface area (Å²) in [4.78, 5) is 0. The van der Waals surface area contributed by atoms with Crippen molar-refractivity contribution in [3.63, 3.8) is 0 Å². The van der Waals surface area contributed by atoms with Gasteiger partial charge in [0.15, 0.2) is 0 Å². The van der Waals surface area contributed by atoms with Crippen LogP contribution in [0.25, 0.3) is 0 Å². The van der Waals surface area contributed by atoms with Crippen molar-refractivity contribution in [2.45, 2.75) is 25.6 Å². The van der Waals surface area contributed by atoms with Crippen LogP contribution in [0.5, 0.6) is 17.2 Å². The van der Waals surface area contributed by atoms with E-state index in [0.29, 0.717) is 29.5 Å².